The van der Waals surface area contributed by atoms with Crippen LogP contribution in [-0.2, 0) is 65.3 Å². The van der Waals surface area contributed by atoms with Gasteiger partial charge in [0.2, 0.25) is 30.9 Å². The molecule has 0 N–H and O–H groups in total. The van der Waals surface area contributed by atoms with E-state index in [9.17, 15) is 28.8 Å². The van der Waals surface area contributed by atoms with Crippen LogP contribution in [0, 0.1) is 23.7 Å². The molecule has 2 saturated carbocycles. The fraction of sp³-hybridized carbons (Fsp3) is 0.649. The quantitative estimate of drug-likeness (QED) is 0.119. The Morgan fingerprint density at radius 3 is 1.46 bits per heavy atom. The number of hydrogen-bond donors (Lipinski definition) is 0. The molecule has 4 amide bonds. The van der Waals surface area contributed by atoms with Gasteiger partial charge in [-0.15, -0.1) is 5.98 Å². The number of pyridine rings is 2. The number of rotatable bonds is 13. The molecule has 3 aliphatic heterocycles. The molecule has 4 aromatic rings. The fourth-order valence-electron chi connectivity index (χ4n) is 11.2. The molecule has 2 aliphatic carbocycles. The monoisotopic (exact) mass is 1160 g/mol. The Morgan fingerprint density at radius 1 is 0.620 bits per heavy atom. The molecule has 0 unspecified atom stereocenters. The number of nitrogens with zero attached hydrogens (tertiary/aromatic N) is 10. The van der Waals surface area contributed by atoms with Crippen LogP contribution in [0.2, 0.25) is 0 Å². The number of carbonyl (C=O) groups excluding carboxylic acids is 4. The Kier molecular flexibility index (Phi) is 21.2. The van der Waals surface area contributed by atoms with Crippen LogP contribution in [0.3, 0.4) is 0 Å². The van der Waals surface area contributed by atoms with Crippen LogP contribution in [0.5, 0.6) is 0 Å². The van der Waals surface area contributed by atoms with Crippen LogP contribution in [-0.4, -0.2) is 176 Å². The first-order valence-electron chi connectivity index (χ1n) is 28.0. The summed E-state index contributed by atoms with van der Waals surface area (Å²) < 4.78 is 29.1. The summed E-state index contributed by atoms with van der Waals surface area (Å²) in [6, 6.07) is 7.60. The zero-order chi connectivity index (χ0) is 57.2. The van der Waals surface area contributed by atoms with E-state index in [0.717, 1.165) is 68.1 Å². The molecule has 7 heterocycles. The highest BCUT2D eigenvalue weighted by Gasteiger charge is 2.48. The molecule has 9 rings (SSSR count). The Balaban J connectivity index is 0.000000184. The second-order valence-corrected chi connectivity index (χ2v) is 23.4. The molecule has 3 saturated heterocycles. The third-order valence-corrected chi connectivity index (χ3v) is 17.2. The number of fused-ring (bicyclic) bond motifs is 2. The number of methoxy groups -OCH3 is 2. The summed E-state index contributed by atoms with van der Waals surface area (Å²) in [7, 11) is 8.77. The summed E-state index contributed by atoms with van der Waals surface area (Å²) in [5, 5.41) is 0. The summed E-state index contributed by atoms with van der Waals surface area (Å²) in [5.74, 6) is 3.32. The molecule has 1 radical (unpaired) electrons. The van der Waals surface area contributed by atoms with Gasteiger partial charge in [-0.2, -0.15) is 0 Å². The Morgan fingerprint density at radius 2 is 1.03 bits per heavy atom. The molecule has 0 spiro atoms. The average Bonchev–Trinajstić information content (AvgIpc) is 3.95. The average molecular weight is 1160 g/mol. The van der Waals surface area contributed by atoms with Crippen molar-refractivity contribution in [2.45, 2.75) is 123 Å². The summed E-state index contributed by atoms with van der Waals surface area (Å²) in [5.41, 5.74) is 3.24. The Bertz CT molecular complexity index is 2920. The number of hydrogen-bond acceptors (Lipinski definition) is 12. The normalized spacial score (nSPS) is 22.5. The standard InChI is InChI=1S/C25H35N5O4.C21H28BrN5O3.C11H20BO3/c1-18(31)28-12-14-29(15-13-28)24(32)20-8-6-19(7-9-20)17-30-23-22(27(2)25(30)33)11-10-21(26-23)5-4-16-34-3;1-14(28)25-9-11-26(12-10-25)20(29)16-5-3-15(4-6-16)13-27-19-17(24(2)21(27)30)7-8-18(22)23-19;1-10(2)11(3,4)15-9(14-10)12-7-6-8-13-5/h4-5,10-11,19-20H,6-9,12-17H2,1-3H3;7-8,15-16H,3-6,9-13H2,1-2H3;6-7,9H,8H2,1-5H3/b5-4+;;7-6+. The van der Waals surface area contributed by atoms with E-state index in [2.05, 4.69) is 20.9 Å². The number of ether oxygens (including phenoxy) is 4. The van der Waals surface area contributed by atoms with Crippen molar-refractivity contribution in [3.63, 3.8) is 0 Å². The summed E-state index contributed by atoms with van der Waals surface area (Å²) >= 11 is 3.40. The number of piperazine rings is 2. The predicted octanol–water partition coefficient (Wildman–Crippen LogP) is 5.62. The van der Waals surface area contributed by atoms with Gasteiger partial charge in [0, 0.05) is 119 Å². The van der Waals surface area contributed by atoms with E-state index in [4.69, 9.17) is 23.9 Å². The fourth-order valence-corrected chi connectivity index (χ4v) is 11.5. The molecule has 5 aliphatic rings. The molecule has 22 heteroatoms. The van der Waals surface area contributed by atoms with Crippen LogP contribution in [0.25, 0.3) is 28.4 Å². The molecule has 0 aromatic carbocycles. The number of carbonyl (C=O) groups is 4. The molecule has 79 heavy (non-hydrogen) atoms. The molecule has 4 aromatic heterocycles. The first-order chi connectivity index (χ1) is 37.6. The second kappa shape index (κ2) is 27.4. The SMILES string of the molecule is CC(=O)N1CCN(C(=O)C2CCC(Cn3c(=O)n(C)c4ccc(Br)nc43)CC2)CC1.COC/C=C/[B]C1OC(C)(C)C(C)(C)O1.COC/C=C/c1ccc2c(n1)n(CC1CCC(C(=O)N3CCN(C(C)=O)CC3)CC1)c(=O)n2C. The van der Waals surface area contributed by atoms with Gasteiger partial charge in [0.15, 0.2) is 11.3 Å². The molecule has 5 fully saturated rings. The van der Waals surface area contributed by atoms with E-state index < -0.39 is 0 Å². The van der Waals surface area contributed by atoms with E-state index in [1.807, 2.05) is 93.2 Å². The van der Waals surface area contributed by atoms with Gasteiger partial charge in [-0.3, -0.25) is 37.4 Å². The first-order valence-corrected chi connectivity index (χ1v) is 28.8. The van der Waals surface area contributed by atoms with E-state index in [1.54, 1.807) is 70.2 Å². The Labute approximate surface area is 473 Å². The van der Waals surface area contributed by atoms with E-state index in [0.29, 0.717) is 106 Å². The lowest BCUT2D eigenvalue weighted by atomic mass is 9.77. The molecular weight excluding hydrogens is 1080 g/mol. The van der Waals surface area contributed by atoms with Gasteiger partial charge in [0.1, 0.15) is 10.8 Å². The van der Waals surface area contributed by atoms with E-state index in [1.165, 1.54) is 0 Å². The maximum atomic E-state index is 13.0. The number of aromatic nitrogens is 6. The van der Waals surface area contributed by atoms with Crippen LogP contribution in [0.1, 0.15) is 98.6 Å². The summed E-state index contributed by atoms with van der Waals surface area (Å²) in [6.07, 6.45) is 12.5. The van der Waals surface area contributed by atoms with E-state index in [-0.39, 0.29) is 64.2 Å². The minimum atomic E-state index is -0.261. The summed E-state index contributed by atoms with van der Waals surface area (Å²) in [6.45, 7) is 18.7. The highest BCUT2D eigenvalue weighted by Crippen LogP contribution is 2.38. The largest absolute Gasteiger partial charge is 0.381 e. The van der Waals surface area contributed by atoms with Gasteiger partial charge in [-0.25, -0.2) is 19.6 Å². The number of imidazole rings is 2. The molecule has 0 atom stereocenters. The topological polar surface area (TPSA) is 198 Å². The highest BCUT2D eigenvalue weighted by molar-refractivity contribution is 9.10. The van der Waals surface area contributed by atoms with Crippen molar-refractivity contribution in [1.82, 2.24) is 47.8 Å². The van der Waals surface area contributed by atoms with Gasteiger partial charge >= 0.3 is 11.4 Å². The van der Waals surface area contributed by atoms with Crippen molar-refractivity contribution in [3.05, 3.63) is 73.7 Å². The van der Waals surface area contributed by atoms with Crippen molar-refractivity contribution in [1.29, 1.82) is 0 Å². The zero-order valence-corrected chi connectivity index (χ0v) is 49.7. The minimum Gasteiger partial charge on any atom is -0.381 e. The van der Waals surface area contributed by atoms with Crippen LogP contribution < -0.4 is 11.4 Å². The van der Waals surface area contributed by atoms with Crippen molar-refractivity contribution in [2.24, 2.45) is 37.8 Å². The van der Waals surface area contributed by atoms with Crippen LogP contribution >= 0.6 is 15.9 Å². The van der Waals surface area contributed by atoms with Gasteiger partial charge in [0.05, 0.1) is 41.1 Å². The van der Waals surface area contributed by atoms with Crippen LogP contribution in [0.15, 0.2) is 56.6 Å². The summed E-state index contributed by atoms with van der Waals surface area (Å²) in [4.78, 5) is 91.3. The number of halogens is 1. The smallest absolute Gasteiger partial charge is 0.330 e. The first kappa shape index (κ1) is 61.2. The van der Waals surface area contributed by atoms with Gasteiger partial charge < -0.3 is 38.5 Å². The number of aryl methyl sites for hydroxylation is 2. The Hall–Kier alpha value is -5.42. The van der Waals surface area contributed by atoms with Gasteiger partial charge in [-0.05, 0) is 137 Å². The maximum Gasteiger partial charge on any atom is 0.330 e. The van der Waals surface area contributed by atoms with Crippen molar-refractivity contribution in [2.75, 3.05) is 79.8 Å². The minimum absolute atomic E-state index is 0.0417. The van der Waals surface area contributed by atoms with Gasteiger partial charge in [0.25, 0.3) is 0 Å². The lowest BCUT2D eigenvalue weighted by molar-refractivity contribution is -0.142. The lowest BCUT2D eigenvalue weighted by Gasteiger charge is -2.37. The second-order valence-electron chi connectivity index (χ2n) is 22.6. The van der Waals surface area contributed by atoms with E-state index >= 15 is 0 Å². The van der Waals surface area contributed by atoms with Crippen molar-refractivity contribution < 1.29 is 38.1 Å². The molecule has 20 nitrogen and oxygen atoms in total. The molecule has 0 bridgehead atoms. The highest BCUT2D eigenvalue weighted by atomic mass is 79.9. The predicted molar refractivity (Wildman–Crippen MR) is 308 cm³/mol. The van der Waals surface area contributed by atoms with Crippen molar-refractivity contribution >= 4 is 75.2 Å². The molecular formula is C57H83BBrN10O10. The third kappa shape index (κ3) is 15.1. The zero-order valence-electron chi connectivity index (χ0n) is 48.2. The lowest BCUT2D eigenvalue weighted by Crippen LogP contribution is -2.51. The number of amides is 4. The maximum absolute atomic E-state index is 13.0. The van der Waals surface area contributed by atoms with Gasteiger partial charge in [-0.1, -0.05) is 12.2 Å². The van der Waals surface area contributed by atoms with Crippen molar-refractivity contribution in [3.8, 4) is 0 Å². The molecule has 431 valence electrons. The third-order valence-electron chi connectivity index (χ3n) is 16.8. The van der Waals surface area contributed by atoms with Crippen LogP contribution in [0.4, 0.5) is 0 Å².